The van der Waals surface area contributed by atoms with Crippen molar-refractivity contribution in [3.05, 3.63) is 97.9 Å². The average Bonchev–Trinajstić information content (AvgIpc) is 2.73. The number of aromatic nitrogens is 1. The number of amides is 2. The van der Waals surface area contributed by atoms with Crippen molar-refractivity contribution < 1.29 is 14.7 Å². The van der Waals surface area contributed by atoms with E-state index in [2.05, 4.69) is 10.6 Å². The van der Waals surface area contributed by atoms with Crippen molar-refractivity contribution in [2.75, 3.05) is 5.32 Å². The van der Waals surface area contributed by atoms with E-state index in [9.17, 15) is 19.5 Å². The Bertz CT molecular complexity index is 1190. The summed E-state index contributed by atoms with van der Waals surface area (Å²) in [6, 6.07) is 13.8. The normalized spacial score (nSPS) is 11.6. The molecule has 0 saturated heterocycles. The number of carbonyl (C=O) groups is 2. The molecule has 166 valence electrons. The molecule has 0 spiro atoms. The minimum atomic E-state index is -1.06. The fraction of sp³-hybridized carbons (Fsp3) is 0.174. The van der Waals surface area contributed by atoms with Crippen molar-refractivity contribution in [1.82, 2.24) is 9.88 Å². The number of nitrogens with zero attached hydrogens (tertiary/aromatic N) is 1. The lowest BCUT2D eigenvalue weighted by molar-refractivity contribution is -0.137. The lowest BCUT2D eigenvalue weighted by atomic mass is 10.0. The molecule has 0 fully saturated rings. The maximum Gasteiger partial charge on any atom is 0.319 e. The zero-order chi connectivity index (χ0) is 23.3. The van der Waals surface area contributed by atoms with Crippen LogP contribution in [-0.4, -0.2) is 21.7 Å². The van der Waals surface area contributed by atoms with Crippen molar-refractivity contribution in [3.63, 3.8) is 0 Å². The molecule has 2 amide bonds. The Balaban J connectivity index is 1.77. The summed E-state index contributed by atoms with van der Waals surface area (Å²) in [5.74, 6) is -1.06. The molecule has 7 nitrogen and oxygen atoms in total. The van der Waals surface area contributed by atoms with Crippen LogP contribution >= 0.6 is 23.2 Å². The second-order valence-corrected chi connectivity index (χ2v) is 8.09. The third kappa shape index (κ3) is 6.12. The van der Waals surface area contributed by atoms with Gasteiger partial charge in [-0.3, -0.25) is 9.59 Å². The Morgan fingerprint density at radius 3 is 2.50 bits per heavy atom. The molecular formula is C23H21Cl2N3O4. The third-order valence-corrected chi connectivity index (χ3v) is 5.38. The number of aryl methyl sites for hydroxylation is 1. The molecule has 32 heavy (non-hydrogen) atoms. The number of anilines is 1. The summed E-state index contributed by atoms with van der Waals surface area (Å²) in [4.78, 5) is 36.7. The lowest BCUT2D eigenvalue weighted by Gasteiger charge is -2.18. The molecule has 0 aliphatic carbocycles. The molecule has 1 atom stereocenters. The highest BCUT2D eigenvalue weighted by Gasteiger charge is 2.19. The van der Waals surface area contributed by atoms with E-state index in [4.69, 9.17) is 23.2 Å². The summed E-state index contributed by atoms with van der Waals surface area (Å²) in [6.45, 7) is 2.08. The number of urea groups is 1. The van der Waals surface area contributed by atoms with Gasteiger partial charge >= 0.3 is 12.0 Å². The van der Waals surface area contributed by atoms with E-state index >= 15 is 0 Å². The van der Waals surface area contributed by atoms with Crippen LogP contribution in [0.2, 0.25) is 10.0 Å². The van der Waals surface area contributed by atoms with Gasteiger partial charge in [0.15, 0.2) is 0 Å². The third-order valence-electron chi connectivity index (χ3n) is 4.78. The predicted octanol–water partition coefficient (Wildman–Crippen LogP) is 4.85. The van der Waals surface area contributed by atoms with Crippen LogP contribution in [0, 0.1) is 6.92 Å². The van der Waals surface area contributed by atoms with Gasteiger partial charge in [-0.05, 0) is 48.4 Å². The van der Waals surface area contributed by atoms with Crippen LogP contribution in [0.3, 0.4) is 0 Å². The van der Waals surface area contributed by atoms with Gasteiger partial charge in [-0.25, -0.2) is 4.79 Å². The van der Waals surface area contributed by atoms with Crippen LogP contribution in [0.15, 0.2) is 65.6 Å². The van der Waals surface area contributed by atoms with E-state index in [-0.39, 0.29) is 18.7 Å². The summed E-state index contributed by atoms with van der Waals surface area (Å²) in [6.07, 6.45) is 1.27. The van der Waals surface area contributed by atoms with E-state index in [0.29, 0.717) is 21.2 Å². The Labute approximate surface area is 194 Å². The van der Waals surface area contributed by atoms with Crippen LogP contribution in [-0.2, 0) is 11.3 Å². The molecule has 9 heteroatoms. The molecule has 0 unspecified atom stereocenters. The number of halogens is 2. The second kappa shape index (κ2) is 10.3. The van der Waals surface area contributed by atoms with Crippen molar-refractivity contribution >= 4 is 40.9 Å². The van der Waals surface area contributed by atoms with Gasteiger partial charge in [-0.2, -0.15) is 0 Å². The van der Waals surface area contributed by atoms with Crippen molar-refractivity contribution in [2.24, 2.45) is 0 Å². The first-order chi connectivity index (χ1) is 15.2. The summed E-state index contributed by atoms with van der Waals surface area (Å²) in [5, 5.41) is 15.3. The van der Waals surface area contributed by atoms with Crippen LogP contribution in [0.1, 0.15) is 29.2 Å². The zero-order valence-electron chi connectivity index (χ0n) is 17.1. The van der Waals surface area contributed by atoms with E-state index < -0.39 is 23.6 Å². The maximum absolute atomic E-state index is 12.8. The fourth-order valence-electron chi connectivity index (χ4n) is 3.15. The topological polar surface area (TPSA) is 100 Å². The number of carbonyl (C=O) groups excluding carboxylic acids is 1. The number of aliphatic carboxylic acids is 1. The van der Waals surface area contributed by atoms with Gasteiger partial charge in [-0.15, -0.1) is 0 Å². The maximum atomic E-state index is 12.8. The van der Waals surface area contributed by atoms with Crippen molar-refractivity contribution in [2.45, 2.75) is 25.9 Å². The minimum absolute atomic E-state index is 0.0427. The number of carboxylic acids is 1. The molecule has 0 saturated carbocycles. The number of rotatable bonds is 7. The zero-order valence-corrected chi connectivity index (χ0v) is 18.7. The summed E-state index contributed by atoms with van der Waals surface area (Å²) in [7, 11) is 0. The van der Waals surface area contributed by atoms with E-state index in [0.717, 1.165) is 5.56 Å². The van der Waals surface area contributed by atoms with Crippen LogP contribution in [0.5, 0.6) is 0 Å². The fourth-order valence-corrected chi connectivity index (χ4v) is 3.52. The summed E-state index contributed by atoms with van der Waals surface area (Å²) < 4.78 is 1.39. The number of hydrogen-bond donors (Lipinski definition) is 3. The Morgan fingerprint density at radius 1 is 1.09 bits per heavy atom. The largest absolute Gasteiger partial charge is 0.481 e. The second-order valence-electron chi connectivity index (χ2n) is 7.25. The van der Waals surface area contributed by atoms with E-state index in [1.807, 2.05) is 19.1 Å². The Morgan fingerprint density at radius 2 is 1.81 bits per heavy atom. The van der Waals surface area contributed by atoms with Crippen LogP contribution < -0.4 is 16.2 Å². The minimum Gasteiger partial charge on any atom is -0.481 e. The molecule has 1 aromatic heterocycles. The molecular weight excluding hydrogens is 453 g/mol. The van der Waals surface area contributed by atoms with Gasteiger partial charge < -0.3 is 20.3 Å². The monoisotopic (exact) mass is 473 g/mol. The number of hydrogen-bond acceptors (Lipinski definition) is 3. The summed E-state index contributed by atoms with van der Waals surface area (Å²) >= 11 is 12.2. The molecule has 3 N–H and O–H groups in total. The van der Waals surface area contributed by atoms with E-state index in [1.54, 1.807) is 42.6 Å². The average molecular weight is 474 g/mol. The highest BCUT2D eigenvalue weighted by atomic mass is 35.5. The van der Waals surface area contributed by atoms with Gasteiger partial charge in [-0.1, -0.05) is 53.0 Å². The highest BCUT2D eigenvalue weighted by Crippen LogP contribution is 2.21. The Kier molecular flexibility index (Phi) is 7.56. The number of nitrogens with one attached hydrogen (secondary N) is 2. The SMILES string of the molecule is Cc1ccc([C@H](CC(=O)O)NC(=O)Nc2cccn(Cc3cc(Cl)ccc3Cl)c2=O)cc1. The number of pyridine rings is 1. The number of benzene rings is 2. The molecule has 0 aliphatic heterocycles. The Hall–Kier alpha value is -3.29. The molecule has 1 heterocycles. The first-order valence-electron chi connectivity index (χ1n) is 9.72. The first kappa shape index (κ1) is 23.4. The summed E-state index contributed by atoms with van der Waals surface area (Å²) in [5.41, 5.74) is 1.92. The lowest BCUT2D eigenvalue weighted by Crippen LogP contribution is -2.36. The predicted molar refractivity (Wildman–Crippen MR) is 125 cm³/mol. The molecule has 3 rings (SSSR count). The molecule has 0 aliphatic rings. The van der Waals surface area contributed by atoms with Crippen molar-refractivity contribution in [3.8, 4) is 0 Å². The van der Waals surface area contributed by atoms with Gasteiger partial charge in [0, 0.05) is 16.2 Å². The van der Waals surface area contributed by atoms with Gasteiger partial charge in [0.25, 0.3) is 5.56 Å². The van der Waals surface area contributed by atoms with E-state index in [1.165, 1.54) is 10.6 Å². The van der Waals surface area contributed by atoms with Crippen molar-refractivity contribution in [1.29, 1.82) is 0 Å². The quantitative estimate of drug-likeness (QED) is 0.456. The molecule has 0 radical (unpaired) electrons. The highest BCUT2D eigenvalue weighted by molar-refractivity contribution is 6.33. The van der Waals surface area contributed by atoms with Gasteiger partial charge in [0.2, 0.25) is 0 Å². The smallest absolute Gasteiger partial charge is 0.319 e. The van der Waals surface area contributed by atoms with Crippen LogP contribution in [0.25, 0.3) is 0 Å². The number of carboxylic acid groups (broad SMARTS) is 1. The van der Waals surface area contributed by atoms with Gasteiger partial charge in [0.1, 0.15) is 5.69 Å². The molecule has 3 aromatic rings. The molecule has 0 bridgehead atoms. The van der Waals surface area contributed by atoms with Crippen LogP contribution in [0.4, 0.5) is 10.5 Å². The molecule has 2 aromatic carbocycles. The first-order valence-corrected chi connectivity index (χ1v) is 10.5. The standard InChI is InChI=1S/C23H21Cl2N3O4/c1-14-4-6-15(7-5-14)20(12-21(29)30)27-23(32)26-19-3-2-10-28(22(19)31)13-16-11-17(24)8-9-18(16)25/h2-11,20H,12-13H2,1H3,(H,29,30)(H2,26,27,32)/t20-/m0/s1. The van der Waals surface area contributed by atoms with Gasteiger partial charge in [0.05, 0.1) is 19.0 Å².